The first-order valence-electron chi connectivity index (χ1n) is 6.80. The number of nitrogens with zero attached hydrogens (tertiary/aromatic N) is 2. The molecule has 0 bridgehead atoms. The second kappa shape index (κ2) is 5.81. The molecule has 3 rings (SSSR count). The van der Waals surface area contributed by atoms with Gasteiger partial charge in [-0.25, -0.2) is 14.8 Å². The van der Waals surface area contributed by atoms with Gasteiger partial charge >= 0.3 is 5.97 Å². The largest absolute Gasteiger partial charge is 0.477 e. The summed E-state index contributed by atoms with van der Waals surface area (Å²) in [6.45, 7) is 1.93. The predicted octanol–water partition coefficient (Wildman–Crippen LogP) is 3.33. The third-order valence-electron chi connectivity index (χ3n) is 3.51. The number of oxazole rings is 1. The number of rotatable bonds is 4. The molecule has 2 heterocycles. The Balaban J connectivity index is 1.84. The lowest BCUT2D eigenvalue weighted by Gasteiger charge is -2.07. The minimum atomic E-state index is -1.01. The van der Waals surface area contributed by atoms with E-state index in [9.17, 15) is 4.79 Å². The Morgan fingerprint density at radius 2 is 2.00 bits per heavy atom. The molecule has 0 spiro atoms. The average molecular weight is 294 g/mol. The molecule has 1 aromatic carbocycles. The minimum absolute atomic E-state index is 0.0693. The summed E-state index contributed by atoms with van der Waals surface area (Å²) in [6, 6.07) is 9.58. The molecule has 0 aliphatic carbocycles. The third-order valence-corrected chi connectivity index (χ3v) is 3.51. The van der Waals surface area contributed by atoms with Crippen molar-refractivity contribution in [3.63, 3.8) is 0 Å². The Hall–Kier alpha value is -2.95. The average Bonchev–Trinajstić information content (AvgIpc) is 3.04. The number of aromatic carboxylic acids is 1. The third kappa shape index (κ3) is 2.88. The summed E-state index contributed by atoms with van der Waals surface area (Å²) >= 11 is 0. The van der Waals surface area contributed by atoms with Crippen LogP contribution in [0.15, 0.2) is 53.6 Å². The number of hydrogen-bond donors (Lipinski definition) is 1. The highest BCUT2D eigenvalue weighted by Gasteiger charge is 2.09. The summed E-state index contributed by atoms with van der Waals surface area (Å²) in [7, 11) is 0. The molecule has 0 saturated carbocycles. The van der Waals surface area contributed by atoms with E-state index in [-0.39, 0.29) is 5.69 Å². The fourth-order valence-corrected chi connectivity index (χ4v) is 2.24. The van der Waals surface area contributed by atoms with Crippen molar-refractivity contribution in [2.45, 2.75) is 13.3 Å². The smallest absolute Gasteiger partial charge is 0.354 e. The SMILES string of the molecule is Cc1cnc(C(=O)O)cc1Cc1ccc(-c2cocn2)cc1. The maximum absolute atomic E-state index is 11.0. The van der Waals surface area contributed by atoms with Crippen LogP contribution in [0, 0.1) is 6.92 Å². The van der Waals surface area contributed by atoms with Crippen LogP contribution < -0.4 is 0 Å². The summed E-state index contributed by atoms with van der Waals surface area (Å²) in [5.74, 6) is -1.01. The van der Waals surface area contributed by atoms with E-state index < -0.39 is 5.97 Å². The highest BCUT2D eigenvalue weighted by atomic mass is 16.4. The number of pyridine rings is 1. The van der Waals surface area contributed by atoms with E-state index in [2.05, 4.69) is 9.97 Å². The molecule has 0 fully saturated rings. The van der Waals surface area contributed by atoms with E-state index in [0.29, 0.717) is 6.42 Å². The Morgan fingerprint density at radius 3 is 2.64 bits per heavy atom. The van der Waals surface area contributed by atoms with Gasteiger partial charge in [-0.3, -0.25) is 0 Å². The number of carboxylic acids is 1. The molecule has 22 heavy (non-hydrogen) atoms. The maximum atomic E-state index is 11.0. The highest BCUT2D eigenvalue weighted by molar-refractivity contribution is 5.85. The van der Waals surface area contributed by atoms with Crippen LogP contribution in [0.3, 0.4) is 0 Å². The number of carboxylic acid groups (broad SMARTS) is 1. The first-order valence-corrected chi connectivity index (χ1v) is 6.80. The normalized spacial score (nSPS) is 10.6. The molecule has 0 unspecified atom stereocenters. The van der Waals surface area contributed by atoms with Crippen molar-refractivity contribution in [2.24, 2.45) is 0 Å². The van der Waals surface area contributed by atoms with Crippen LogP contribution >= 0.6 is 0 Å². The van der Waals surface area contributed by atoms with Gasteiger partial charge in [-0.1, -0.05) is 24.3 Å². The van der Waals surface area contributed by atoms with Gasteiger partial charge in [-0.2, -0.15) is 0 Å². The lowest BCUT2D eigenvalue weighted by atomic mass is 10.00. The molecule has 110 valence electrons. The van der Waals surface area contributed by atoms with Crippen LogP contribution in [-0.2, 0) is 6.42 Å². The van der Waals surface area contributed by atoms with Gasteiger partial charge in [0.25, 0.3) is 0 Å². The predicted molar refractivity (Wildman–Crippen MR) is 80.7 cm³/mol. The Labute approximate surface area is 127 Å². The van der Waals surface area contributed by atoms with Crippen LogP contribution in [0.25, 0.3) is 11.3 Å². The first-order chi connectivity index (χ1) is 10.6. The van der Waals surface area contributed by atoms with Gasteiger partial charge in [0.2, 0.25) is 0 Å². The van der Waals surface area contributed by atoms with E-state index in [1.54, 1.807) is 18.5 Å². The lowest BCUT2D eigenvalue weighted by molar-refractivity contribution is 0.0690. The second-order valence-corrected chi connectivity index (χ2v) is 5.05. The van der Waals surface area contributed by atoms with Gasteiger partial charge < -0.3 is 9.52 Å². The molecule has 1 N–H and O–H groups in total. The first kappa shape index (κ1) is 14.0. The van der Waals surface area contributed by atoms with E-state index in [4.69, 9.17) is 9.52 Å². The summed E-state index contributed by atoms with van der Waals surface area (Å²) < 4.78 is 4.97. The molecule has 2 aromatic heterocycles. The number of carbonyl (C=O) groups is 1. The standard InChI is InChI=1S/C17H14N2O3/c1-11-8-18-15(17(20)21)7-14(11)6-12-2-4-13(5-3-12)16-9-22-10-19-16/h2-5,7-10H,6H2,1H3,(H,20,21). The Morgan fingerprint density at radius 1 is 1.23 bits per heavy atom. The van der Waals surface area contributed by atoms with Crippen LogP contribution in [0.5, 0.6) is 0 Å². The fraction of sp³-hybridized carbons (Fsp3) is 0.118. The minimum Gasteiger partial charge on any atom is -0.477 e. The van der Waals surface area contributed by atoms with Gasteiger partial charge in [0, 0.05) is 11.8 Å². The number of benzene rings is 1. The molecule has 3 aromatic rings. The van der Waals surface area contributed by atoms with Crippen molar-refractivity contribution in [2.75, 3.05) is 0 Å². The molecule has 0 amide bonds. The zero-order chi connectivity index (χ0) is 15.5. The van der Waals surface area contributed by atoms with Crippen molar-refractivity contribution in [1.82, 2.24) is 9.97 Å². The molecular formula is C17H14N2O3. The van der Waals surface area contributed by atoms with Gasteiger partial charge in [-0.05, 0) is 36.1 Å². The van der Waals surface area contributed by atoms with Crippen LogP contribution in [0.4, 0.5) is 0 Å². The summed E-state index contributed by atoms with van der Waals surface area (Å²) in [4.78, 5) is 19.0. The van der Waals surface area contributed by atoms with Crippen LogP contribution in [0.2, 0.25) is 0 Å². The maximum Gasteiger partial charge on any atom is 0.354 e. The molecule has 5 nitrogen and oxygen atoms in total. The van der Waals surface area contributed by atoms with Crippen LogP contribution in [-0.4, -0.2) is 21.0 Å². The van der Waals surface area contributed by atoms with Crippen molar-refractivity contribution < 1.29 is 14.3 Å². The molecule has 0 saturated heterocycles. The summed E-state index contributed by atoms with van der Waals surface area (Å²) in [5, 5.41) is 9.03. The van der Waals surface area contributed by atoms with Crippen LogP contribution in [0.1, 0.15) is 27.2 Å². The highest BCUT2D eigenvalue weighted by Crippen LogP contribution is 2.20. The molecule has 0 atom stereocenters. The molecule has 5 heteroatoms. The molecular weight excluding hydrogens is 280 g/mol. The summed E-state index contributed by atoms with van der Waals surface area (Å²) in [5.41, 5.74) is 4.87. The van der Waals surface area contributed by atoms with E-state index in [0.717, 1.165) is 27.9 Å². The van der Waals surface area contributed by atoms with Crippen molar-refractivity contribution in [1.29, 1.82) is 0 Å². The second-order valence-electron chi connectivity index (χ2n) is 5.05. The molecule has 0 aliphatic rings. The summed E-state index contributed by atoms with van der Waals surface area (Å²) in [6.07, 6.45) is 5.26. The van der Waals surface area contributed by atoms with E-state index in [1.807, 2.05) is 31.2 Å². The number of aryl methyl sites for hydroxylation is 1. The van der Waals surface area contributed by atoms with Gasteiger partial charge in [-0.15, -0.1) is 0 Å². The van der Waals surface area contributed by atoms with Crippen molar-refractivity contribution in [3.05, 3.63) is 71.6 Å². The zero-order valence-electron chi connectivity index (χ0n) is 12.0. The lowest BCUT2D eigenvalue weighted by Crippen LogP contribution is -2.03. The zero-order valence-corrected chi connectivity index (χ0v) is 12.0. The van der Waals surface area contributed by atoms with Gasteiger partial charge in [0.05, 0.1) is 0 Å². The quantitative estimate of drug-likeness (QED) is 0.798. The van der Waals surface area contributed by atoms with Crippen molar-refractivity contribution in [3.8, 4) is 11.3 Å². The van der Waals surface area contributed by atoms with Crippen molar-refractivity contribution >= 4 is 5.97 Å². The number of aromatic nitrogens is 2. The van der Waals surface area contributed by atoms with Gasteiger partial charge in [0.15, 0.2) is 6.39 Å². The monoisotopic (exact) mass is 294 g/mol. The fourth-order valence-electron chi connectivity index (χ4n) is 2.24. The molecule has 0 aliphatic heterocycles. The Bertz CT molecular complexity index is 793. The number of hydrogen-bond acceptors (Lipinski definition) is 4. The van der Waals surface area contributed by atoms with E-state index >= 15 is 0 Å². The van der Waals surface area contributed by atoms with Gasteiger partial charge in [0.1, 0.15) is 17.7 Å². The topological polar surface area (TPSA) is 76.2 Å². The Kier molecular flexibility index (Phi) is 3.70. The molecule has 0 radical (unpaired) electrons. The van der Waals surface area contributed by atoms with E-state index in [1.165, 1.54) is 6.39 Å².